The lowest BCUT2D eigenvalue weighted by molar-refractivity contribution is -0.125. The number of aromatic nitrogens is 1. The van der Waals surface area contributed by atoms with Crippen molar-refractivity contribution in [2.75, 3.05) is 58.2 Å². The number of ether oxygens (including phenoxy) is 2. The summed E-state index contributed by atoms with van der Waals surface area (Å²) >= 11 is 11.5. The van der Waals surface area contributed by atoms with E-state index in [1.165, 1.54) is 33.3 Å². The first-order valence-corrected chi connectivity index (χ1v) is 30.4. The third kappa shape index (κ3) is 17.6. The second-order valence-corrected chi connectivity index (χ2v) is 25.9. The molecule has 4 fully saturated rings. The highest BCUT2D eigenvalue weighted by atomic mass is 35.5. The van der Waals surface area contributed by atoms with Gasteiger partial charge in [0.2, 0.25) is 0 Å². The Morgan fingerprint density at radius 1 is 0.671 bits per heavy atom. The number of nitrogens with one attached hydrogen (secondary N) is 1. The predicted molar refractivity (Wildman–Crippen MR) is 318 cm³/mol. The number of fused-ring (bicyclic) bond motifs is 1. The van der Waals surface area contributed by atoms with Gasteiger partial charge in [0.15, 0.2) is 6.29 Å². The highest BCUT2D eigenvalue weighted by Gasteiger charge is 2.37. The molecule has 0 bridgehead atoms. The second-order valence-electron chi connectivity index (χ2n) is 23.2. The number of aldehydes is 1. The zero-order chi connectivity index (χ0) is 57.9. The number of ketones is 1. The van der Waals surface area contributed by atoms with Gasteiger partial charge in [-0.05, 0) is 164 Å². The molecule has 17 nitrogen and oxygen atoms in total. The van der Waals surface area contributed by atoms with Gasteiger partial charge in [0, 0.05) is 124 Å². The molecule has 4 aromatic heterocycles. The lowest BCUT2D eigenvalue weighted by Gasteiger charge is -2.44. The van der Waals surface area contributed by atoms with Gasteiger partial charge in [-0.3, -0.25) is 33.7 Å². The molecule has 9 rings (SSSR count). The Bertz CT molecular complexity index is 2810. The third-order valence-corrected chi connectivity index (χ3v) is 16.6. The van der Waals surface area contributed by atoms with Gasteiger partial charge in [0.05, 0.1) is 21.7 Å². The molecule has 0 saturated carbocycles. The quantitative estimate of drug-likeness (QED) is 0.0650. The molecule has 5 aromatic rings. The molecule has 4 amide bonds. The van der Waals surface area contributed by atoms with E-state index >= 15 is 0 Å². The van der Waals surface area contributed by atoms with E-state index in [4.69, 9.17) is 26.9 Å². The molecule has 0 aliphatic carbocycles. The molecule has 4 aliphatic heterocycles. The van der Waals surface area contributed by atoms with Crippen LogP contribution in [0.4, 0.5) is 9.59 Å². The van der Waals surface area contributed by atoms with Crippen molar-refractivity contribution in [2.24, 2.45) is 0 Å². The topological polar surface area (TPSA) is 183 Å². The van der Waals surface area contributed by atoms with E-state index in [0.29, 0.717) is 48.2 Å². The molecule has 1 aromatic carbocycles. The van der Waals surface area contributed by atoms with Crippen LogP contribution >= 0.6 is 45.6 Å². The molecule has 6 atom stereocenters. The standard InChI is InChI=1S/C26H30ClN5O3S.C16H26N2O2S.C11H22N2O2.C5H4OS/c1-16-12-31(17(2)11-30(16)13-18-5-8-36-15-18)25(34)20-9-19-21(14-32(28)23(19)10-22(20)27)24(33)26(35)29-6-3-4-7-29;1-12-9-18(15(19)20-16(3,4)5)13(2)8-17(12)10-14-6-7-21-11-14;1-8-7-13(9(2)6-12-8)10(14)15-11(3,4)5;6-3-5-1-2-7-4-5/h5,8-10,14-17H,3-4,6-7,11-13,28H2,1-2H3;6-7,11-13H,8-10H2,1-5H3;8-9,12H,6-7H2,1-5H3;1-4H/t16-,17+;12-,13+;8-,9+;/m000./s1. The Kier molecular flexibility index (Phi) is 22.2. The fourth-order valence-electron chi connectivity index (χ4n) is 9.82. The Morgan fingerprint density at radius 3 is 1.66 bits per heavy atom. The van der Waals surface area contributed by atoms with E-state index in [9.17, 15) is 28.8 Å². The summed E-state index contributed by atoms with van der Waals surface area (Å²) in [5.74, 6) is 4.76. The van der Waals surface area contributed by atoms with Crippen LogP contribution in [0, 0.1) is 0 Å². The van der Waals surface area contributed by atoms with Crippen LogP contribution in [0.2, 0.25) is 5.02 Å². The number of Topliss-reactive ketones (excluding diaryl/α,β-unsaturated/α-hetero) is 1. The summed E-state index contributed by atoms with van der Waals surface area (Å²) < 4.78 is 12.1. The van der Waals surface area contributed by atoms with Crippen molar-refractivity contribution >= 4 is 92.6 Å². The number of nitrogens with two attached hydrogens (primary N) is 1. The number of hydrogen-bond donors (Lipinski definition) is 2. The Hall–Kier alpha value is -5.35. The number of rotatable bonds is 8. The minimum absolute atomic E-state index is 0.0175. The molecule has 0 unspecified atom stereocenters. The highest BCUT2D eigenvalue weighted by Crippen LogP contribution is 2.31. The van der Waals surface area contributed by atoms with Crippen LogP contribution in [0.5, 0.6) is 0 Å². The molecule has 432 valence electrons. The number of amides is 4. The third-order valence-electron chi connectivity index (χ3n) is 14.1. The smallest absolute Gasteiger partial charge is 0.410 e. The summed E-state index contributed by atoms with van der Waals surface area (Å²) in [6.45, 7) is 31.4. The molecule has 0 radical (unpaired) electrons. The number of nitrogen functional groups attached to an aromatic ring is 1. The molecule has 21 heteroatoms. The number of hydrogen-bond acceptors (Lipinski definition) is 15. The summed E-state index contributed by atoms with van der Waals surface area (Å²) in [6.07, 6.45) is 3.67. The van der Waals surface area contributed by atoms with Crippen LogP contribution in [0.25, 0.3) is 10.9 Å². The summed E-state index contributed by atoms with van der Waals surface area (Å²) in [4.78, 5) is 85.5. The fourth-order valence-corrected chi connectivity index (χ4v) is 12.0. The van der Waals surface area contributed by atoms with E-state index in [1.807, 2.05) is 75.9 Å². The number of halogens is 1. The number of piperazine rings is 3. The minimum atomic E-state index is -0.615. The predicted octanol–water partition coefficient (Wildman–Crippen LogP) is 10.4. The van der Waals surface area contributed by atoms with Gasteiger partial charge >= 0.3 is 12.2 Å². The average Bonchev–Trinajstić information content (AvgIpc) is 4.27. The maximum atomic E-state index is 13.7. The van der Waals surface area contributed by atoms with Crippen molar-refractivity contribution < 1.29 is 38.2 Å². The van der Waals surface area contributed by atoms with Gasteiger partial charge < -0.3 is 40.2 Å². The van der Waals surface area contributed by atoms with Gasteiger partial charge in [-0.1, -0.05) is 11.6 Å². The normalized spacial score (nSPS) is 21.9. The maximum absolute atomic E-state index is 13.7. The van der Waals surface area contributed by atoms with Gasteiger partial charge in [0.25, 0.3) is 17.6 Å². The van der Waals surface area contributed by atoms with Crippen LogP contribution in [0.1, 0.15) is 138 Å². The number of nitrogens with zero attached hydrogens (tertiary/aromatic N) is 7. The summed E-state index contributed by atoms with van der Waals surface area (Å²) in [5, 5.41) is 16.3. The molecule has 0 spiro atoms. The van der Waals surface area contributed by atoms with E-state index in [2.05, 4.69) is 76.5 Å². The molecule has 4 saturated heterocycles. The highest BCUT2D eigenvalue weighted by molar-refractivity contribution is 7.08. The number of thiophene rings is 3. The maximum Gasteiger partial charge on any atom is 0.410 e. The van der Waals surface area contributed by atoms with Crippen molar-refractivity contribution in [1.82, 2.24) is 39.4 Å². The second kappa shape index (κ2) is 27.9. The van der Waals surface area contributed by atoms with Crippen molar-refractivity contribution in [3.63, 3.8) is 0 Å². The number of carbonyl (C=O) groups is 6. The molecule has 79 heavy (non-hydrogen) atoms. The molecule has 8 heterocycles. The lowest BCUT2D eigenvalue weighted by atomic mass is 10.0. The van der Waals surface area contributed by atoms with Crippen molar-refractivity contribution in [2.45, 2.75) is 156 Å². The Labute approximate surface area is 483 Å². The Balaban J connectivity index is 0.000000197. The van der Waals surface area contributed by atoms with Crippen molar-refractivity contribution in [3.8, 4) is 0 Å². The van der Waals surface area contributed by atoms with E-state index in [0.717, 1.165) is 70.5 Å². The minimum Gasteiger partial charge on any atom is -0.444 e. The van der Waals surface area contributed by atoms with Gasteiger partial charge in [0.1, 0.15) is 11.2 Å². The number of benzene rings is 1. The molecular formula is C58H82ClN9O8S3. The monoisotopic (exact) mass is 1160 g/mol. The van der Waals surface area contributed by atoms with Crippen LogP contribution in [-0.2, 0) is 27.4 Å². The van der Waals surface area contributed by atoms with E-state index < -0.39 is 22.9 Å². The Morgan fingerprint density at radius 2 is 1.18 bits per heavy atom. The number of likely N-dealkylation sites (tertiary alicyclic amines) is 1. The van der Waals surface area contributed by atoms with E-state index in [1.54, 1.807) is 50.7 Å². The van der Waals surface area contributed by atoms with Crippen molar-refractivity contribution in [1.29, 1.82) is 0 Å². The number of carbonyl (C=O) groups excluding carboxylic acids is 6. The largest absolute Gasteiger partial charge is 0.444 e. The summed E-state index contributed by atoms with van der Waals surface area (Å²) in [7, 11) is 0. The first kappa shape index (κ1) is 62.8. The van der Waals surface area contributed by atoms with Gasteiger partial charge in [-0.15, -0.1) is 0 Å². The van der Waals surface area contributed by atoms with Crippen LogP contribution in [0.3, 0.4) is 0 Å². The van der Waals surface area contributed by atoms with E-state index in [-0.39, 0.29) is 52.8 Å². The fraction of sp³-hybridized carbons (Fsp3) is 0.552. The lowest BCUT2D eigenvalue weighted by Crippen LogP contribution is -2.58. The average molecular weight is 1170 g/mol. The zero-order valence-corrected chi connectivity index (χ0v) is 51.2. The van der Waals surface area contributed by atoms with Gasteiger partial charge in [-0.25, -0.2) is 9.59 Å². The van der Waals surface area contributed by atoms with Crippen molar-refractivity contribution in [3.05, 3.63) is 102 Å². The van der Waals surface area contributed by atoms with Gasteiger partial charge in [-0.2, -0.15) is 34.0 Å². The zero-order valence-electron chi connectivity index (χ0n) is 48.0. The van der Waals surface area contributed by atoms with Crippen LogP contribution in [0.15, 0.2) is 68.8 Å². The molecule has 4 aliphatic rings. The molecule has 3 N–H and O–H groups in total. The first-order chi connectivity index (χ1) is 37.2. The SMILES string of the molecule is C[C@@H]1CN(Cc2ccsc2)[C@@H](C)CN1C(=O)OC(C)(C)C.C[C@@H]1CN(Cc2ccsc2)[C@@H](C)CN1C(=O)c1cc2c(C(=O)C(=O)N3CCCC3)cn(N)c2cc1Cl.C[C@@H]1CN[C@@H](C)CN1C(=O)OC(C)(C)C.O=Cc1ccsc1. The summed E-state index contributed by atoms with van der Waals surface area (Å²) in [6, 6.07) is 10.5. The summed E-state index contributed by atoms with van der Waals surface area (Å²) in [5.41, 5.74) is 3.55. The van der Waals surface area contributed by atoms with Crippen LogP contribution < -0.4 is 11.2 Å². The first-order valence-electron chi connectivity index (χ1n) is 27.2. The van der Waals surface area contributed by atoms with Crippen LogP contribution in [-0.4, -0.2) is 170 Å². The molecular weight excluding hydrogens is 1080 g/mol.